The number of rotatable bonds is 2. The Labute approximate surface area is 88.1 Å². The maximum absolute atomic E-state index is 9.78. The van der Waals surface area contributed by atoms with Gasteiger partial charge in [-0.3, -0.25) is 0 Å². The van der Waals surface area contributed by atoms with Crippen LogP contribution < -0.4 is 0 Å². The predicted octanol–water partition coefficient (Wildman–Crippen LogP) is 1.80. The van der Waals surface area contributed by atoms with Crippen molar-refractivity contribution in [1.82, 2.24) is 9.38 Å². The van der Waals surface area contributed by atoms with E-state index in [9.17, 15) is 5.11 Å². The molecule has 0 amide bonds. The molecule has 0 aromatic carbocycles. The molecule has 15 heavy (non-hydrogen) atoms. The van der Waals surface area contributed by atoms with Crippen molar-refractivity contribution in [2.75, 3.05) is 7.11 Å². The van der Waals surface area contributed by atoms with Crippen LogP contribution in [0.25, 0.3) is 5.65 Å². The molecule has 0 atom stereocenters. The third-order valence-electron chi connectivity index (χ3n) is 2.54. The number of imidazole rings is 1. The van der Waals surface area contributed by atoms with E-state index < -0.39 is 0 Å². The van der Waals surface area contributed by atoms with Crippen molar-refractivity contribution in [3.05, 3.63) is 29.2 Å². The van der Waals surface area contributed by atoms with Crippen LogP contribution in [-0.2, 0) is 11.3 Å². The monoisotopic (exact) mass is 206 g/mol. The van der Waals surface area contributed by atoms with E-state index in [1.165, 1.54) is 0 Å². The van der Waals surface area contributed by atoms with E-state index in [0.29, 0.717) is 12.3 Å². The molecule has 2 aromatic heterocycles. The maximum Gasteiger partial charge on any atom is 0.179 e. The number of aromatic nitrogens is 2. The van der Waals surface area contributed by atoms with Crippen molar-refractivity contribution < 1.29 is 9.84 Å². The summed E-state index contributed by atoms with van der Waals surface area (Å²) in [5.41, 5.74) is 3.51. The molecule has 0 aliphatic heterocycles. The van der Waals surface area contributed by atoms with E-state index in [1.54, 1.807) is 13.2 Å². The minimum absolute atomic E-state index is 0.195. The van der Waals surface area contributed by atoms with Crippen molar-refractivity contribution in [2.24, 2.45) is 0 Å². The molecule has 0 fully saturated rings. The van der Waals surface area contributed by atoms with Crippen LogP contribution in [0.3, 0.4) is 0 Å². The highest BCUT2D eigenvalue weighted by Gasteiger charge is 2.09. The first kappa shape index (κ1) is 9.98. The van der Waals surface area contributed by atoms with Crippen molar-refractivity contribution in [2.45, 2.75) is 20.5 Å². The highest BCUT2D eigenvalue weighted by molar-refractivity contribution is 5.56. The lowest BCUT2D eigenvalue weighted by Crippen LogP contribution is -1.94. The molecule has 0 aliphatic rings. The topological polar surface area (TPSA) is 46.8 Å². The molecule has 0 radical (unpaired) electrons. The Kier molecular flexibility index (Phi) is 2.36. The average molecular weight is 206 g/mol. The summed E-state index contributed by atoms with van der Waals surface area (Å²) < 4.78 is 6.92. The predicted molar refractivity (Wildman–Crippen MR) is 57.0 cm³/mol. The standard InChI is InChI=1S/C11H14N2O2/c1-7-8(2)13-5-9(6-15-3)4-10(14)11(13)12-7/h4-5,14H,6H2,1-3H3. The van der Waals surface area contributed by atoms with E-state index in [-0.39, 0.29) is 5.75 Å². The van der Waals surface area contributed by atoms with Gasteiger partial charge in [0.1, 0.15) is 0 Å². The molecule has 2 heterocycles. The molecule has 0 spiro atoms. The Morgan fingerprint density at radius 1 is 1.47 bits per heavy atom. The van der Waals surface area contributed by atoms with E-state index in [1.807, 2.05) is 24.4 Å². The number of aryl methyl sites for hydroxylation is 2. The van der Waals surface area contributed by atoms with Crippen molar-refractivity contribution in [1.29, 1.82) is 0 Å². The number of aromatic hydroxyl groups is 1. The van der Waals surface area contributed by atoms with Crippen LogP contribution in [-0.4, -0.2) is 21.6 Å². The maximum atomic E-state index is 9.78. The average Bonchev–Trinajstić information content (AvgIpc) is 2.46. The Balaban J connectivity index is 2.68. The van der Waals surface area contributed by atoms with Gasteiger partial charge in [0.25, 0.3) is 0 Å². The molecule has 4 nitrogen and oxygen atoms in total. The first-order valence-electron chi connectivity index (χ1n) is 4.79. The zero-order valence-electron chi connectivity index (χ0n) is 9.11. The summed E-state index contributed by atoms with van der Waals surface area (Å²) in [5.74, 6) is 0.195. The van der Waals surface area contributed by atoms with Gasteiger partial charge in [-0.1, -0.05) is 0 Å². The summed E-state index contributed by atoms with van der Waals surface area (Å²) >= 11 is 0. The molecule has 0 aliphatic carbocycles. The first-order chi connectivity index (χ1) is 7.13. The Morgan fingerprint density at radius 3 is 2.87 bits per heavy atom. The summed E-state index contributed by atoms with van der Waals surface area (Å²) in [4.78, 5) is 4.29. The summed E-state index contributed by atoms with van der Waals surface area (Å²) in [5, 5.41) is 9.78. The van der Waals surface area contributed by atoms with Crippen molar-refractivity contribution in [3.63, 3.8) is 0 Å². The molecule has 4 heteroatoms. The van der Waals surface area contributed by atoms with Crippen molar-refractivity contribution in [3.8, 4) is 5.75 Å². The second kappa shape index (κ2) is 3.55. The fraction of sp³-hybridized carbons (Fsp3) is 0.364. The summed E-state index contributed by atoms with van der Waals surface area (Å²) in [6, 6.07) is 1.69. The SMILES string of the molecule is COCc1cc(O)c2nc(C)c(C)n2c1. The molecule has 0 saturated heterocycles. The van der Waals surface area contributed by atoms with Crippen LogP contribution >= 0.6 is 0 Å². The van der Waals surface area contributed by atoms with Gasteiger partial charge in [0.2, 0.25) is 0 Å². The van der Waals surface area contributed by atoms with Gasteiger partial charge in [-0.2, -0.15) is 0 Å². The quantitative estimate of drug-likeness (QED) is 0.815. The molecule has 80 valence electrons. The van der Waals surface area contributed by atoms with Gasteiger partial charge in [0.15, 0.2) is 11.4 Å². The first-order valence-corrected chi connectivity index (χ1v) is 4.79. The molecule has 1 N–H and O–H groups in total. The lowest BCUT2D eigenvalue weighted by molar-refractivity contribution is 0.184. The second-order valence-electron chi connectivity index (χ2n) is 3.64. The third-order valence-corrected chi connectivity index (χ3v) is 2.54. The number of pyridine rings is 1. The van der Waals surface area contributed by atoms with E-state index in [2.05, 4.69) is 4.98 Å². The van der Waals surface area contributed by atoms with Gasteiger partial charge in [-0.15, -0.1) is 0 Å². The molecule has 0 saturated carbocycles. The number of fused-ring (bicyclic) bond motifs is 1. The number of hydrogen-bond acceptors (Lipinski definition) is 3. The lowest BCUT2D eigenvalue weighted by Gasteiger charge is -2.04. The van der Waals surface area contributed by atoms with Crippen LogP contribution in [0.1, 0.15) is 17.0 Å². The minimum Gasteiger partial charge on any atom is -0.504 e. The second-order valence-corrected chi connectivity index (χ2v) is 3.64. The normalized spacial score (nSPS) is 11.1. The minimum atomic E-state index is 0.195. The summed E-state index contributed by atoms with van der Waals surface area (Å²) in [6.07, 6.45) is 1.94. The van der Waals surface area contributed by atoms with Gasteiger partial charge >= 0.3 is 0 Å². The Hall–Kier alpha value is -1.55. The molecular weight excluding hydrogens is 192 g/mol. The Morgan fingerprint density at radius 2 is 2.20 bits per heavy atom. The van der Waals surface area contributed by atoms with Crippen LogP contribution in [0, 0.1) is 13.8 Å². The van der Waals surface area contributed by atoms with E-state index in [0.717, 1.165) is 17.0 Å². The highest BCUT2D eigenvalue weighted by atomic mass is 16.5. The molecule has 2 rings (SSSR count). The largest absolute Gasteiger partial charge is 0.504 e. The van der Waals surface area contributed by atoms with Crippen LogP contribution in [0.2, 0.25) is 0 Å². The summed E-state index contributed by atoms with van der Waals surface area (Å²) in [7, 11) is 1.63. The van der Waals surface area contributed by atoms with Crippen molar-refractivity contribution >= 4 is 5.65 Å². The number of hydrogen-bond donors (Lipinski definition) is 1. The smallest absolute Gasteiger partial charge is 0.179 e. The fourth-order valence-electron chi connectivity index (χ4n) is 1.65. The van der Waals surface area contributed by atoms with Gasteiger partial charge in [-0.25, -0.2) is 4.98 Å². The fourth-order valence-corrected chi connectivity index (χ4v) is 1.65. The lowest BCUT2D eigenvalue weighted by atomic mass is 10.3. The zero-order chi connectivity index (χ0) is 11.0. The van der Waals surface area contributed by atoms with Gasteiger partial charge < -0.3 is 14.2 Å². The molecule has 2 aromatic rings. The third kappa shape index (κ3) is 1.57. The van der Waals surface area contributed by atoms with Crippen LogP contribution in [0.4, 0.5) is 0 Å². The van der Waals surface area contributed by atoms with E-state index >= 15 is 0 Å². The highest BCUT2D eigenvalue weighted by Crippen LogP contribution is 2.22. The van der Waals surface area contributed by atoms with Gasteiger partial charge in [-0.05, 0) is 25.5 Å². The molecule has 0 unspecified atom stereocenters. The Bertz CT molecular complexity index is 503. The molecule has 0 bridgehead atoms. The van der Waals surface area contributed by atoms with E-state index in [4.69, 9.17) is 4.74 Å². The van der Waals surface area contributed by atoms with Crippen LogP contribution in [0.15, 0.2) is 12.3 Å². The molecular formula is C11H14N2O2. The number of ether oxygens (including phenoxy) is 1. The number of nitrogens with zero attached hydrogens (tertiary/aromatic N) is 2. The number of methoxy groups -OCH3 is 1. The summed E-state index contributed by atoms with van der Waals surface area (Å²) in [6.45, 7) is 4.39. The van der Waals surface area contributed by atoms with Gasteiger partial charge in [0, 0.05) is 19.0 Å². The van der Waals surface area contributed by atoms with Gasteiger partial charge in [0.05, 0.1) is 12.3 Å². The van der Waals surface area contributed by atoms with Crippen LogP contribution in [0.5, 0.6) is 5.75 Å². The zero-order valence-corrected chi connectivity index (χ0v) is 9.11.